The summed E-state index contributed by atoms with van der Waals surface area (Å²) >= 11 is 6.24. The van der Waals surface area contributed by atoms with E-state index in [9.17, 15) is 5.26 Å². The van der Waals surface area contributed by atoms with Crippen LogP contribution in [0.25, 0.3) is 16.9 Å². The van der Waals surface area contributed by atoms with Gasteiger partial charge in [0, 0.05) is 11.1 Å². The Hall–Kier alpha value is -3.70. The molecule has 0 spiro atoms. The first-order valence-electron chi connectivity index (χ1n) is 8.99. The quantitative estimate of drug-likeness (QED) is 0.518. The van der Waals surface area contributed by atoms with Crippen LogP contribution in [0, 0.1) is 11.3 Å². The van der Waals surface area contributed by atoms with E-state index < -0.39 is 0 Å². The first kappa shape index (κ1) is 18.7. The molecule has 0 unspecified atom stereocenters. The molecule has 3 aromatic heterocycles. The molecule has 8 nitrogen and oxygen atoms in total. The van der Waals surface area contributed by atoms with E-state index in [1.165, 1.54) is 6.33 Å². The van der Waals surface area contributed by atoms with Crippen molar-refractivity contribution in [3.05, 3.63) is 65.2 Å². The number of hydrogen-bond donors (Lipinski definition) is 2. The zero-order chi connectivity index (χ0) is 20.4. The molecular weight excluding hydrogens is 388 g/mol. The number of nitrogens with one attached hydrogen (secondary N) is 1. The highest BCUT2D eigenvalue weighted by Crippen LogP contribution is 2.32. The number of hydrogen-bond acceptors (Lipinski definition) is 7. The Bertz CT molecular complexity index is 1210. The molecule has 0 saturated carbocycles. The van der Waals surface area contributed by atoms with Crippen LogP contribution in [0.5, 0.6) is 0 Å². The number of halogens is 1. The maximum Gasteiger partial charge on any atom is 0.155 e. The summed E-state index contributed by atoms with van der Waals surface area (Å²) in [5.74, 6) is 0.517. The molecule has 0 aliphatic rings. The first-order chi connectivity index (χ1) is 14.1. The fourth-order valence-electron chi connectivity index (χ4n) is 3.17. The summed E-state index contributed by atoms with van der Waals surface area (Å²) in [5.41, 5.74) is 9.29. The lowest BCUT2D eigenvalue weighted by Gasteiger charge is -2.21. The summed E-state index contributed by atoms with van der Waals surface area (Å²) in [7, 11) is 0. The topological polar surface area (TPSA) is 118 Å². The maximum absolute atomic E-state index is 9.44. The van der Waals surface area contributed by atoms with E-state index >= 15 is 0 Å². The van der Waals surface area contributed by atoms with Crippen molar-refractivity contribution in [2.45, 2.75) is 19.4 Å². The molecule has 0 aliphatic heterocycles. The lowest BCUT2D eigenvalue weighted by molar-refractivity contribution is 0.735. The normalized spacial score (nSPS) is 11.9. The highest BCUT2D eigenvalue weighted by molar-refractivity contribution is 6.29. The largest absolute Gasteiger partial charge is 0.382 e. The number of nitrogens with two attached hydrogens (primary N) is 1. The Morgan fingerprint density at radius 3 is 2.76 bits per heavy atom. The van der Waals surface area contributed by atoms with Crippen LogP contribution < -0.4 is 11.1 Å². The van der Waals surface area contributed by atoms with Crippen molar-refractivity contribution in [3.8, 4) is 17.3 Å². The van der Waals surface area contributed by atoms with Gasteiger partial charge in [-0.3, -0.25) is 0 Å². The third kappa shape index (κ3) is 3.44. The molecule has 4 aromatic rings. The standard InChI is InChI=1S/C20H17ClN8/c1-2-15(27-20-14(9-22)19(23)25-11-26-20)13-8-17-24-10-16(21)29(17)28-18(13)12-6-4-3-5-7-12/h3-8,10-11,15H,2H2,1H3,(H3,23,25,26,27)/t15-/m0/s1. The van der Waals surface area contributed by atoms with Gasteiger partial charge in [-0.15, -0.1) is 0 Å². The monoisotopic (exact) mass is 404 g/mol. The summed E-state index contributed by atoms with van der Waals surface area (Å²) < 4.78 is 1.60. The van der Waals surface area contributed by atoms with E-state index in [0.717, 1.165) is 16.8 Å². The Labute approximate surface area is 172 Å². The molecular formula is C20H17ClN8. The zero-order valence-electron chi connectivity index (χ0n) is 15.5. The molecule has 9 heteroatoms. The van der Waals surface area contributed by atoms with Crippen LogP contribution in [0.3, 0.4) is 0 Å². The van der Waals surface area contributed by atoms with Gasteiger partial charge in [0.1, 0.15) is 29.6 Å². The van der Waals surface area contributed by atoms with E-state index in [4.69, 9.17) is 22.4 Å². The second-order valence-corrected chi connectivity index (χ2v) is 6.75. The van der Waals surface area contributed by atoms with Crippen molar-refractivity contribution >= 4 is 28.9 Å². The molecule has 0 bridgehead atoms. The van der Waals surface area contributed by atoms with Crippen LogP contribution in [0.2, 0.25) is 5.15 Å². The summed E-state index contributed by atoms with van der Waals surface area (Å²) in [6, 6.07) is 13.6. The van der Waals surface area contributed by atoms with Gasteiger partial charge in [0.15, 0.2) is 10.8 Å². The summed E-state index contributed by atoms with van der Waals surface area (Å²) in [6.45, 7) is 2.03. The lowest BCUT2D eigenvalue weighted by atomic mass is 9.98. The van der Waals surface area contributed by atoms with E-state index in [2.05, 4.69) is 26.3 Å². The van der Waals surface area contributed by atoms with Crippen LogP contribution in [-0.4, -0.2) is 24.6 Å². The van der Waals surface area contributed by atoms with E-state index in [-0.39, 0.29) is 17.4 Å². The predicted molar refractivity (Wildman–Crippen MR) is 111 cm³/mol. The average Bonchev–Trinajstić information content (AvgIpc) is 3.11. The van der Waals surface area contributed by atoms with Crippen molar-refractivity contribution in [2.24, 2.45) is 0 Å². The second kappa shape index (κ2) is 7.73. The fourth-order valence-corrected chi connectivity index (χ4v) is 3.34. The van der Waals surface area contributed by atoms with E-state index in [1.54, 1.807) is 10.7 Å². The Morgan fingerprint density at radius 1 is 1.24 bits per heavy atom. The molecule has 0 fully saturated rings. The van der Waals surface area contributed by atoms with Gasteiger partial charge in [-0.2, -0.15) is 10.4 Å². The number of nitrogens with zero attached hydrogens (tertiary/aromatic N) is 6. The zero-order valence-corrected chi connectivity index (χ0v) is 16.3. The number of nitriles is 1. The van der Waals surface area contributed by atoms with Gasteiger partial charge in [-0.05, 0) is 12.5 Å². The SMILES string of the molecule is CC[C@H](Nc1ncnc(N)c1C#N)c1cc2ncc(Cl)n2nc1-c1ccccc1. The third-order valence-corrected chi connectivity index (χ3v) is 4.87. The summed E-state index contributed by atoms with van der Waals surface area (Å²) in [4.78, 5) is 12.4. The average molecular weight is 405 g/mol. The molecule has 4 rings (SSSR count). The van der Waals surface area contributed by atoms with E-state index in [1.807, 2.05) is 43.3 Å². The number of rotatable bonds is 5. The van der Waals surface area contributed by atoms with Crippen molar-refractivity contribution in [2.75, 3.05) is 11.1 Å². The molecule has 0 aliphatic carbocycles. The molecule has 3 heterocycles. The van der Waals surface area contributed by atoms with Crippen LogP contribution in [0.4, 0.5) is 11.6 Å². The van der Waals surface area contributed by atoms with Gasteiger partial charge < -0.3 is 11.1 Å². The summed E-state index contributed by atoms with van der Waals surface area (Å²) in [5, 5.41) is 17.9. The molecule has 29 heavy (non-hydrogen) atoms. The number of anilines is 2. The number of fused-ring (bicyclic) bond motifs is 1. The molecule has 0 amide bonds. The van der Waals surface area contributed by atoms with Crippen LogP contribution >= 0.6 is 11.6 Å². The Balaban J connectivity index is 1.87. The number of imidazole rings is 1. The summed E-state index contributed by atoms with van der Waals surface area (Å²) in [6.07, 6.45) is 3.61. The highest BCUT2D eigenvalue weighted by Gasteiger charge is 2.21. The van der Waals surface area contributed by atoms with Crippen LogP contribution in [-0.2, 0) is 0 Å². The third-order valence-electron chi connectivity index (χ3n) is 4.61. The first-order valence-corrected chi connectivity index (χ1v) is 9.36. The molecule has 3 N–H and O–H groups in total. The lowest BCUT2D eigenvalue weighted by Crippen LogP contribution is -2.15. The number of benzene rings is 1. The van der Waals surface area contributed by atoms with Gasteiger partial charge in [0.25, 0.3) is 0 Å². The van der Waals surface area contributed by atoms with Crippen molar-refractivity contribution < 1.29 is 0 Å². The maximum atomic E-state index is 9.44. The smallest absolute Gasteiger partial charge is 0.155 e. The van der Waals surface area contributed by atoms with E-state index in [0.29, 0.717) is 23.0 Å². The van der Waals surface area contributed by atoms with Crippen LogP contribution in [0.1, 0.15) is 30.5 Å². The Kier molecular flexibility index (Phi) is 4.97. The number of nitrogen functional groups attached to an aromatic ring is 1. The molecule has 0 saturated heterocycles. The number of aromatic nitrogens is 5. The fraction of sp³-hybridized carbons (Fsp3) is 0.150. The molecule has 0 radical (unpaired) electrons. The Morgan fingerprint density at radius 2 is 2.03 bits per heavy atom. The molecule has 144 valence electrons. The van der Waals surface area contributed by atoms with Crippen molar-refractivity contribution in [3.63, 3.8) is 0 Å². The van der Waals surface area contributed by atoms with Gasteiger partial charge in [-0.25, -0.2) is 19.5 Å². The predicted octanol–water partition coefficient (Wildman–Crippen LogP) is 3.86. The molecule has 1 atom stereocenters. The van der Waals surface area contributed by atoms with Crippen molar-refractivity contribution in [1.29, 1.82) is 5.26 Å². The van der Waals surface area contributed by atoms with Gasteiger partial charge in [-0.1, -0.05) is 48.9 Å². The second-order valence-electron chi connectivity index (χ2n) is 6.36. The van der Waals surface area contributed by atoms with Gasteiger partial charge >= 0.3 is 0 Å². The van der Waals surface area contributed by atoms with Gasteiger partial charge in [0.05, 0.1) is 17.9 Å². The van der Waals surface area contributed by atoms with Gasteiger partial charge in [0.2, 0.25) is 0 Å². The minimum Gasteiger partial charge on any atom is -0.382 e. The molecule has 1 aromatic carbocycles. The minimum absolute atomic E-state index is 0.136. The highest BCUT2D eigenvalue weighted by atomic mass is 35.5. The van der Waals surface area contributed by atoms with Crippen LogP contribution in [0.15, 0.2) is 48.9 Å². The minimum atomic E-state index is -0.195. The van der Waals surface area contributed by atoms with Crippen molar-refractivity contribution in [1.82, 2.24) is 24.6 Å².